The van der Waals surface area contributed by atoms with Gasteiger partial charge < -0.3 is 5.11 Å². The van der Waals surface area contributed by atoms with Gasteiger partial charge in [-0.1, -0.05) is 25.4 Å². The molecule has 0 saturated heterocycles. The fraction of sp³-hybridized carbons (Fsp3) is 0.571. The van der Waals surface area contributed by atoms with Crippen molar-refractivity contribution in [3.63, 3.8) is 0 Å². The molecule has 62 valence electrons. The van der Waals surface area contributed by atoms with E-state index in [4.69, 9.17) is 16.7 Å². The summed E-state index contributed by atoms with van der Waals surface area (Å²) in [5, 5.41) is 11.4. The van der Waals surface area contributed by atoms with Crippen molar-refractivity contribution in [3.8, 4) is 0 Å². The molecule has 0 spiro atoms. The van der Waals surface area contributed by atoms with Gasteiger partial charge in [0.1, 0.15) is 5.01 Å². The molecule has 1 heterocycles. The zero-order valence-corrected chi connectivity index (χ0v) is 7.99. The number of hydrogen-bond acceptors (Lipinski definition) is 3. The van der Waals surface area contributed by atoms with Gasteiger partial charge in [-0.05, 0) is 5.92 Å². The number of alkyl halides is 1. The van der Waals surface area contributed by atoms with Gasteiger partial charge >= 0.3 is 0 Å². The predicted molar refractivity (Wildman–Crippen MR) is 47.0 cm³/mol. The van der Waals surface area contributed by atoms with E-state index in [1.807, 2.05) is 5.38 Å². The number of hydrogen-bond donors (Lipinski definition) is 1. The average Bonchev–Trinajstić information content (AvgIpc) is 2.33. The van der Waals surface area contributed by atoms with Crippen LogP contribution in [0.15, 0.2) is 5.38 Å². The third-order valence-corrected chi connectivity index (χ3v) is 2.59. The minimum atomic E-state index is -0.951. The summed E-state index contributed by atoms with van der Waals surface area (Å²) in [5.41, 5.74) is 0.0391. The topological polar surface area (TPSA) is 33.1 Å². The summed E-state index contributed by atoms with van der Waals surface area (Å²) >= 11 is 6.82. The quantitative estimate of drug-likeness (QED) is 0.729. The van der Waals surface area contributed by atoms with Crippen molar-refractivity contribution in [1.82, 2.24) is 4.98 Å². The number of nitrogens with zero attached hydrogens (tertiary/aromatic N) is 1. The molecule has 0 fully saturated rings. The van der Waals surface area contributed by atoms with Crippen LogP contribution in [0.1, 0.15) is 36.0 Å². The summed E-state index contributed by atoms with van der Waals surface area (Å²) in [5.74, 6) is 0.399. The van der Waals surface area contributed by atoms with Crippen LogP contribution in [0.25, 0.3) is 0 Å². The van der Waals surface area contributed by atoms with Gasteiger partial charge in [0, 0.05) is 5.38 Å². The van der Waals surface area contributed by atoms with Crippen LogP contribution >= 0.6 is 22.9 Å². The Hall–Kier alpha value is -0.120. The first-order chi connectivity index (χ1) is 5.11. The molecule has 0 aliphatic carbocycles. The SMILES string of the molecule is CC(C)c1csc(C(O)Cl)n1. The minimum Gasteiger partial charge on any atom is -0.371 e. The lowest BCUT2D eigenvalue weighted by Crippen LogP contribution is -1.90. The number of aliphatic hydroxyl groups is 1. The summed E-state index contributed by atoms with van der Waals surface area (Å²) < 4.78 is 0. The molecule has 2 nitrogen and oxygen atoms in total. The first kappa shape index (κ1) is 8.97. The van der Waals surface area contributed by atoms with Crippen molar-refractivity contribution in [1.29, 1.82) is 0 Å². The molecule has 1 atom stereocenters. The van der Waals surface area contributed by atoms with Crippen LogP contribution < -0.4 is 0 Å². The van der Waals surface area contributed by atoms with Gasteiger partial charge in [-0.15, -0.1) is 11.3 Å². The Labute approximate surface area is 74.8 Å². The largest absolute Gasteiger partial charge is 0.371 e. The van der Waals surface area contributed by atoms with Crippen LogP contribution in [-0.2, 0) is 0 Å². The van der Waals surface area contributed by atoms with E-state index in [1.165, 1.54) is 11.3 Å². The lowest BCUT2D eigenvalue weighted by molar-refractivity contribution is 0.262. The second-order valence-electron chi connectivity index (χ2n) is 2.60. The van der Waals surface area contributed by atoms with Crippen LogP contribution in [0.2, 0.25) is 0 Å². The fourth-order valence-electron chi connectivity index (χ4n) is 0.675. The molecule has 1 aromatic rings. The number of halogens is 1. The van der Waals surface area contributed by atoms with E-state index >= 15 is 0 Å². The molecule has 11 heavy (non-hydrogen) atoms. The number of thiazole rings is 1. The standard InChI is InChI=1S/C7H10ClNOS/c1-4(2)5-3-11-7(9-5)6(8)10/h3-4,6,10H,1-2H3. The van der Waals surface area contributed by atoms with Crippen molar-refractivity contribution < 1.29 is 5.11 Å². The monoisotopic (exact) mass is 191 g/mol. The van der Waals surface area contributed by atoms with E-state index in [9.17, 15) is 0 Å². The third kappa shape index (κ3) is 2.15. The van der Waals surface area contributed by atoms with Crippen molar-refractivity contribution in [2.24, 2.45) is 0 Å². The van der Waals surface area contributed by atoms with Crippen molar-refractivity contribution >= 4 is 22.9 Å². The van der Waals surface area contributed by atoms with E-state index in [0.717, 1.165) is 5.69 Å². The van der Waals surface area contributed by atoms with Crippen molar-refractivity contribution in [2.75, 3.05) is 0 Å². The Bertz CT molecular complexity index is 212. The lowest BCUT2D eigenvalue weighted by atomic mass is 10.2. The molecule has 0 aliphatic rings. The van der Waals surface area contributed by atoms with E-state index in [0.29, 0.717) is 10.9 Å². The fourth-order valence-corrected chi connectivity index (χ4v) is 1.72. The Morgan fingerprint density at radius 1 is 1.64 bits per heavy atom. The van der Waals surface area contributed by atoms with Crippen LogP contribution in [-0.4, -0.2) is 10.1 Å². The van der Waals surface area contributed by atoms with Crippen LogP contribution in [0.5, 0.6) is 0 Å². The smallest absolute Gasteiger partial charge is 0.180 e. The number of rotatable bonds is 2. The minimum absolute atomic E-state index is 0.399. The molecule has 0 amide bonds. The van der Waals surface area contributed by atoms with Gasteiger partial charge in [-0.2, -0.15) is 0 Å². The first-order valence-corrected chi connectivity index (χ1v) is 4.70. The maximum atomic E-state index is 8.93. The lowest BCUT2D eigenvalue weighted by Gasteiger charge is -1.97. The van der Waals surface area contributed by atoms with Gasteiger partial charge in [0.2, 0.25) is 0 Å². The van der Waals surface area contributed by atoms with Gasteiger partial charge in [0.05, 0.1) is 5.69 Å². The second kappa shape index (κ2) is 3.52. The highest BCUT2D eigenvalue weighted by Gasteiger charge is 2.10. The molecule has 1 rings (SSSR count). The highest BCUT2D eigenvalue weighted by atomic mass is 35.5. The Kier molecular flexibility index (Phi) is 2.87. The average molecular weight is 192 g/mol. The predicted octanol–water partition coefficient (Wildman–Crippen LogP) is 2.50. The van der Waals surface area contributed by atoms with Crippen LogP contribution in [0.4, 0.5) is 0 Å². The van der Waals surface area contributed by atoms with Gasteiger partial charge in [0.15, 0.2) is 5.56 Å². The molecular weight excluding hydrogens is 182 g/mol. The first-order valence-electron chi connectivity index (χ1n) is 3.38. The molecule has 1 unspecified atom stereocenters. The number of aliphatic hydroxyl groups excluding tert-OH is 1. The highest BCUT2D eigenvalue weighted by molar-refractivity contribution is 7.10. The molecule has 0 radical (unpaired) electrons. The van der Waals surface area contributed by atoms with E-state index in [1.54, 1.807) is 0 Å². The van der Waals surface area contributed by atoms with E-state index < -0.39 is 5.56 Å². The molecule has 0 aliphatic heterocycles. The van der Waals surface area contributed by atoms with Crippen LogP contribution in [0.3, 0.4) is 0 Å². The zero-order chi connectivity index (χ0) is 8.43. The molecular formula is C7H10ClNOS. The van der Waals surface area contributed by atoms with E-state index in [-0.39, 0.29) is 0 Å². The number of aromatic nitrogens is 1. The molecule has 4 heteroatoms. The summed E-state index contributed by atoms with van der Waals surface area (Å²) in [6.45, 7) is 4.11. The van der Waals surface area contributed by atoms with Gasteiger partial charge in [-0.3, -0.25) is 0 Å². The maximum Gasteiger partial charge on any atom is 0.180 e. The molecule has 1 N–H and O–H groups in total. The summed E-state index contributed by atoms with van der Waals surface area (Å²) in [7, 11) is 0. The molecule has 1 aromatic heterocycles. The Morgan fingerprint density at radius 3 is 2.55 bits per heavy atom. The van der Waals surface area contributed by atoms with Gasteiger partial charge in [-0.25, -0.2) is 4.98 Å². The third-order valence-electron chi connectivity index (χ3n) is 1.34. The van der Waals surface area contributed by atoms with E-state index in [2.05, 4.69) is 18.8 Å². The zero-order valence-electron chi connectivity index (χ0n) is 6.41. The maximum absolute atomic E-state index is 8.93. The second-order valence-corrected chi connectivity index (χ2v) is 3.90. The van der Waals surface area contributed by atoms with Crippen molar-refractivity contribution in [3.05, 3.63) is 16.1 Å². The summed E-state index contributed by atoms with van der Waals surface area (Å²) in [4.78, 5) is 4.15. The Morgan fingerprint density at radius 2 is 2.27 bits per heavy atom. The van der Waals surface area contributed by atoms with Crippen molar-refractivity contribution in [2.45, 2.75) is 25.3 Å². The van der Waals surface area contributed by atoms with Gasteiger partial charge in [0.25, 0.3) is 0 Å². The normalized spacial score (nSPS) is 13.9. The van der Waals surface area contributed by atoms with Crippen LogP contribution in [0, 0.1) is 0 Å². The Balaban J connectivity index is 2.82. The summed E-state index contributed by atoms with van der Waals surface area (Å²) in [6, 6.07) is 0. The molecule has 0 aromatic carbocycles. The summed E-state index contributed by atoms with van der Waals surface area (Å²) in [6.07, 6.45) is 0. The highest BCUT2D eigenvalue weighted by Crippen LogP contribution is 2.24. The molecule has 0 bridgehead atoms. The molecule has 0 saturated carbocycles.